The highest BCUT2D eigenvalue weighted by molar-refractivity contribution is 7.11. The van der Waals surface area contributed by atoms with Gasteiger partial charge in [-0.25, -0.2) is 0 Å². The number of hydrogen-bond donors (Lipinski definition) is 2. The summed E-state index contributed by atoms with van der Waals surface area (Å²) in [6.07, 6.45) is -2.08. The van der Waals surface area contributed by atoms with Crippen LogP contribution in [-0.2, 0) is 17.5 Å². The van der Waals surface area contributed by atoms with Crippen LogP contribution in [0, 0.1) is 0 Å². The first-order valence-corrected chi connectivity index (χ1v) is 11.1. The molecule has 0 bridgehead atoms. The lowest BCUT2D eigenvalue weighted by Gasteiger charge is -2.17. The number of benzene rings is 2. The number of carbonyl (C=O) groups is 2. The van der Waals surface area contributed by atoms with Gasteiger partial charge in [-0.3, -0.25) is 14.6 Å². The summed E-state index contributed by atoms with van der Waals surface area (Å²) in [4.78, 5) is 29.1. The predicted molar refractivity (Wildman–Crippen MR) is 118 cm³/mol. The lowest BCUT2D eigenvalue weighted by molar-refractivity contribution is -0.138. The quantitative estimate of drug-likeness (QED) is 0.483. The summed E-state index contributed by atoms with van der Waals surface area (Å²) in [5.41, 5.74) is 0.391. The van der Waals surface area contributed by atoms with Crippen molar-refractivity contribution in [1.29, 1.82) is 0 Å². The van der Waals surface area contributed by atoms with E-state index in [1.165, 1.54) is 48.9 Å². The minimum absolute atomic E-state index is 0.0717. The first kappa shape index (κ1) is 23.6. The molecule has 2 N–H and O–H groups in total. The molecule has 34 heavy (non-hydrogen) atoms. The van der Waals surface area contributed by atoms with Crippen molar-refractivity contribution in [3.63, 3.8) is 0 Å². The number of nitrogens with one attached hydrogen (secondary N) is 2. The van der Waals surface area contributed by atoms with E-state index in [0.29, 0.717) is 17.7 Å². The van der Waals surface area contributed by atoms with Gasteiger partial charge in [0.05, 0.1) is 18.8 Å². The number of hydrogen-bond acceptors (Lipinski definition) is 6. The summed E-state index contributed by atoms with van der Waals surface area (Å²) in [6, 6.07) is 9.78. The van der Waals surface area contributed by atoms with Gasteiger partial charge in [-0.1, -0.05) is 12.1 Å². The lowest BCUT2D eigenvalue weighted by atomic mass is 10.1. The summed E-state index contributed by atoms with van der Waals surface area (Å²) in [5, 5.41) is 5.56. The molecule has 2 aromatic carbocycles. The zero-order valence-corrected chi connectivity index (χ0v) is 18.8. The molecule has 1 fully saturated rings. The first-order chi connectivity index (χ1) is 16.2. The van der Waals surface area contributed by atoms with Crippen LogP contribution in [0.15, 0.2) is 54.2 Å². The third-order valence-corrected chi connectivity index (χ3v) is 6.06. The Morgan fingerprint density at radius 3 is 2.41 bits per heavy atom. The van der Waals surface area contributed by atoms with Crippen molar-refractivity contribution in [1.82, 2.24) is 15.6 Å². The van der Waals surface area contributed by atoms with Gasteiger partial charge in [-0.05, 0) is 48.7 Å². The molecule has 1 aliphatic rings. The van der Waals surface area contributed by atoms with Crippen LogP contribution in [0.25, 0.3) is 0 Å². The number of methoxy groups -OCH3 is 1. The number of aromatic nitrogens is 1. The van der Waals surface area contributed by atoms with Crippen LogP contribution in [0.4, 0.5) is 13.2 Å². The fraction of sp³-hybridized carbons (Fsp3) is 0.261. The fourth-order valence-corrected chi connectivity index (χ4v) is 3.76. The van der Waals surface area contributed by atoms with Gasteiger partial charge in [0.25, 0.3) is 5.91 Å². The Labute approximate surface area is 196 Å². The molecule has 0 radical (unpaired) electrons. The van der Waals surface area contributed by atoms with E-state index in [1.54, 1.807) is 17.6 Å². The van der Waals surface area contributed by atoms with Gasteiger partial charge in [0.2, 0.25) is 5.91 Å². The van der Waals surface area contributed by atoms with Crippen molar-refractivity contribution in [2.75, 3.05) is 7.11 Å². The molecule has 0 unspecified atom stereocenters. The van der Waals surface area contributed by atoms with E-state index in [4.69, 9.17) is 9.47 Å². The highest BCUT2D eigenvalue weighted by Gasteiger charge is 2.51. The summed E-state index contributed by atoms with van der Waals surface area (Å²) in [6.45, 7) is 0.188. The second-order valence-electron chi connectivity index (χ2n) is 7.69. The fourth-order valence-electron chi connectivity index (χ4n) is 3.24. The highest BCUT2D eigenvalue weighted by atomic mass is 32.1. The normalized spacial score (nSPS) is 14.2. The van der Waals surface area contributed by atoms with E-state index >= 15 is 0 Å². The van der Waals surface area contributed by atoms with Crippen LogP contribution in [0.3, 0.4) is 0 Å². The molecule has 1 aromatic heterocycles. The molecule has 0 atom stereocenters. The highest BCUT2D eigenvalue weighted by Crippen LogP contribution is 2.40. The van der Waals surface area contributed by atoms with E-state index in [2.05, 4.69) is 15.6 Å². The monoisotopic (exact) mass is 491 g/mol. The second-order valence-corrected chi connectivity index (χ2v) is 8.58. The van der Waals surface area contributed by atoms with E-state index in [9.17, 15) is 22.8 Å². The molecule has 2 amide bonds. The van der Waals surface area contributed by atoms with Crippen LogP contribution in [0.5, 0.6) is 17.2 Å². The Morgan fingerprint density at radius 2 is 1.82 bits per heavy atom. The summed E-state index contributed by atoms with van der Waals surface area (Å²) in [5.74, 6) is -0.697. The summed E-state index contributed by atoms with van der Waals surface area (Å²) < 4.78 is 50.4. The molecular weight excluding hydrogens is 471 g/mol. The second kappa shape index (κ2) is 9.34. The molecule has 1 heterocycles. The van der Waals surface area contributed by atoms with Crippen LogP contribution < -0.4 is 20.1 Å². The molecule has 0 saturated heterocycles. The van der Waals surface area contributed by atoms with Gasteiger partial charge < -0.3 is 20.1 Å². The van der Waals surface area contributed by atoms with Crippen molar-refractivity contribution in [2.45, 2.75) is 31.1 Å². The lowest BCUT2D eigenvalue weighted by Crippen LogP contribution is -2.48. The largest absolute Gasteiger partial charge is 0.497 e. The Hall–Kier alpha value is -3.60. The Morgan fingerprint density at radius 1 is 1.12 bits per heavy atom. The molecule has 178 valence electrons. The number of rotatable bonds is 8. The van der Waals surface area contributed by atoms with Crippen LogP contribution >= 0.6 is 11.3 Å². The van der Waals surface area contributed by atoms with E-state index < -0.39 is 17.3 Å². The number of nitrogens with zero attached hydrogens (tertiary/aromatic N) is 1. The molecule has 11 heteroatoms. The predicted octanol–water partition coefficient (Wildman–Crippen LogP) is 4.54. The summed E-state index contributed by atoms with van der Waals surface area (Å²) >= 11 is 1.19. The molecule has 3 aromatic rings. The maximum Gasteiger partial charge on any atom is 0.420 e. The van der Waals surface area contributed by atoms with Crippen LogP contribution in [-0.4, -0.2) is 29.4 Å². The van der Waals surface area contributed by atoms with Gasteiger partial charge >= 0.3 is 6.18 Å². The average Bonchev–Trinajstić information content (AvgIpc) is 3.38. The zero-order valence-electron chi connectivity index (χ0n) is 17.9. The van der Waals surface area contributed by atoms with Gasteiger partial charge in [-0.15, -0.1) is 11.3 Å². The van der Waals surface area contributed by atoms with Crippen LogP contribution in [0.2, 0.25) is 0 Å². The number of ether oxygens (including phenoxy) is 2. The maximum absolute atomic E-state index is 13.4. The molecule has 4 rings (SSSR count). The topological polar surface area (TPSA) is 89.5 Å². The van der Waals surface area contributed by atoms with Crippen LogP contribution in [0.1, 0.15) is 33.6 Å². The van der Waals surface area contributed by atoms with E-state index in [1.807, 2.05) is 0 Å². The number of alkyl halides is 3. The molecule has 1 saturated carbocycles. The van der Waals surface area contributed by atoms with Gasteiger partial charge in [0.1, 0.15) is 33.2 Å². The third-order valence-electron chi connectivity index (χ3n) is 5.29. The third kappa shape index (κ3) is 5.30. The molecule has 0 spiro atoms. The number of amides is 2. The van der Waals surface area contributed by atoms with Crippen molar-refractivity contribution in [3.8, 4) is 17.2 Å². The average molecular weight is 491 g/mol. The van der Waals surface area contributed by atoms with Gasteiger partial charge in [0.15, 0.2) is 0 Å². The smallest absolute Gasteiger partial charge is 0.420 e. The Balaban J connectivity index is 1.36. The van der Waals surface area contributed by atoms with Crippen molar-refractivity contribution in [3.05, 3.63) is 70.2 Å². The molecule has 7 nitrogen and oxygen atoms in total. The summed E-state index contributed by atoms with van der Waals surface area (Å²) in [7, 11) is 1.29. The Bertz CT molecular complexity index is 1180. The van der Waals surface area contributed by atoms with Crippen molar-refractivity contribution < 1.29 is 32.2 Å². The number of halogens is 3. The number of carbonyl (C=O) groups excluding carboxylic acids is 2. The molecule has 1 aliphatic carbocycles. The SMILES string of the molecule is COc1ccc(Oc2ccc(CNC(=O)C3(NC(=O)c4cncs4)CC3)cc2)c(C(F)(F)F)c1. The molecule has 0 aliphatic heterocycles. The van der Waals surface area contributed by atoms with Gasteiger partial charge in [0, 0.05) is 6.54 Å². The Kier molecular flexibility index (Phi) is 6.47. The first-order valence-electron chi connectivity index (χ1n) is 10.2. The van der Waals surface area contributed by atoms with E-state index in [0.717, 1.165) is 11.6 Å². The standard InChI is InChI=1S/C23H20F3N3O4S/c1-32-16-6-7-18(17(10-16)23(24,25)26)33-15-4-2-14(3-5-15)11-28-21(31)22(8-9-22)29-20(30)19-12-27-13-34-19/h2-7,10,12-13H,8-9,11H2,1H3,(H,28,31)(H,29,30). The zero-order chi connectivity index (χ0) is 24.3. The van der Waals surface area contributed by atoms with E-state index in [-0.39, 0.29) is 35.6 Å². The minimum atomic E-state index is -4.61. The maximum atomic E-state index is 13.4. The molecular formula is C23H20F3N3O4S. The minimum Gasteiger partial charge on any atom is -0.497 e. The van der Waals surface area contributed by atoms with Gasteiger partial charge in [-0.2, -0.15) is 13.2 Å². The van der Waals surface area contributed by atoms with Crippen molar-refractivity contribution >= 4 is 23.2 Å². The number of thiazole rings is 1. The van der Waals surface area contributed by atoms with Crippen molar-refractivity contribution in [2.24, 2.45) is 0 Å².